The lowest BCUT2D eigenvalue weighted by Gasteiger charge is -2.18. The molecule has 0 atom stereocenters. The Hall–Kier alpha value is -3.45. The van der Waals surface area contributed by atoms with Crippen LogP contribution < -0.4 is 4.90 Å². The molecule has 0 unspecified atom stereocenters. The van der Waals surface area contributed by atoms with Crippen molar-refractivity contribution in [3.05, 3.63) is 70.5 Å². The molecule has 5 rings (SSSR count). The van der Waals surface area contributed by atoms with Gasteiger partial charge in [-0.15, -0.1) is 11.3 Å². The largest absolute Gasteiger partial charge is 0.510 e. The zero-order valence-electron chi connectivity index (χ0n) is 16.7. The number of nitrogens with zero attached hydrogens (tertiary/aromatic N) is 3. The number of hydrogen-bond acceptors (Lipinski definition) is 5. The molecule has 4 aromatic rings. The highest BCUT2D eigenvalue weighted by Crippen LogP contribution is 2.35. The Labute approximate surface area is 178 Å². The average Bonchev–Trinajstić information content (AvgIpc) is 3.45. The molecule has 2 aromatic carbocycles. The Morgan fingerprint density at radius 3 is 2.70 bits per heavy atom. The molecule has 1 aliphatic heterocycles. The van der Waals surface area contributed by atoms with Crippen LogP contribution in [0.1, 0.15) is 30.6 Å². The molecule has 150 valence electrons. The lowest BCUT2D eigenvalue weighted by atomic mass is 10.2. The highest BCUT2D eigenvalue weighted by molar-refractivity contribution is 7.11. The highest BCUT2D eigenvalue weighted by atomic mass is 32.1. The zero-order valence-corrected chi connectivity index (χ0v) is 17.5. The molecule has 0 radical (unpaired) electrons. The molecular weight excluding hydrogens is 394 g/mol. The fourth-order valence-corrected chi connectivity index (χ4v) is 4.51. The zero-order chi connectivity index (χ0) is 20.8. The van der Waals surface area contributed by atoms with Crippen LogP contribution in [0.15, 0.2) is 59.7 Å². The molecule has 0 bridgehead atoms. The Morgan fingerprint density at radius 1 is 1.13 bits per heavy atom. The number of anilines is 1. The summed E-state index contributed by atoms with van der Waals surface area (Å²) in [4.78, 5) is 14.4. The average molecular weight is 416 g/mol. The minimum Gasteiger partial charge on any atom is -0.510 e. The summed E-state index contributed by atoms with van der Waals surface area (Å²) in [7, 11) is 0. The van der Waals surface area contributed by atoms with Crippen molar-refractivity contribution >= 4 is 39.5 Å². The number of hydrogen-bond donors (Lipinski definition) is 3. The predicted octanol–water partition coefficient (Wildman–Crippen LogP) is 5.58. The van der Waals surface area contributed by atoms with E-state index in [1.165, 1.54) is 11.3 Å². The van der Waals surface area contributed by atoms with E-state index >= 15 is 0 Å². The Kier molecular flexibility index (Phi) is 4.40. The van der Waals surface area contributed by atoms with E-state index in [-0.39, 0.29) is 18.1 Å². The van der Waals surface area contributed by atoms with Crippen molar-refractivity contribution in [3.8, 4) is 11.3 Å². The van der Waals surface area contributed by atoms with Crippen LogP contribution in [0.5, 0.6) is 0 Å². The second-order valence-electron chi connectivity index (χ2n) is 7.64. The monoisotopic (exact) mass is 415 g/mol. The number of aliphatic hydroxyl groups excluding tert-OH is 1. The van der Waals surface area contributed by atoms with Crippen LogP contribution in [0.2, 0.25) is 0 Å². The number of benzene rings is 2. The number of aromatic amines is 1. The van der Waals surface area contributed by atoms with Gasteiger partial charge in [0.05, 0.1) is 28.8 Å². The molecule has 0 spiro atoms. The van der Waals surface area contributed by atoms with Gasteiger partial charge in [0.1, 0.15) is 22.4 Å². The maximum absolute atomic E-state index is 10.7. The number of thiazole rings is 1. The van der Waals surface area contributed by atoms with Gasteiger partial charge in [0.2, 0.25) is 0 Å². The van der Waals surface area contributed by atoms with Crippen molar-refractivity contribution in [3.63, 3.8) is 0 Å². The number of amidine groups is 1. The lowest BCUT2D eigenvalue weighted by molar-refractivity contribution is 0.411. The van der Waals surface area contributed by atoms with Gasteiger partial charge in [0.15, 0.2) is 0 Å². The van der Waals surface area contributed by atoms with Gasteiger partial charge < -0.3 is 15.0 Å². The van der Waals surface area contributed by atoms with Crippen LogP contribution in [0.4, 0.5) is 5.69 Å². The van der Waals surface area contributed by atoms with Crippen LogP contribution in [0.25, 0.3) is 27.9 Å². The lowest BCUT2D eigenvalue weighted by Crippen LogP contribution is -2.25. The molecule has 30 heavy (non-hydrogen) atoms. The van der Waals surface area contributed by atoms with E-state index in [9.17, 15) is 5.11 Å². The molecule has 1 aliphatic rings. The summed E-state index contributed by atoms with van der Waals surface area (Å²) in [5.74, 6) is 1.68. The van der Waals surface area contributed by atoms with Crippen molar-refractivity contribution in [2.45, 2.75) is 19.8 Å². The van der Waals surface area contributed by atoms with E-state index in [4.69, 9.17) is 5.41 Å². The van der Waals surface area contributed by atoms with Gasteiger partial charge in [-0.3, -0.25) is 5.41 Å². The molecule has 7 heteroatoms. The van der Waals surface area contributed by atoms with Crippen LogP contribution >= 0.6 is 11.3 Å². The second kappa shape index (κ2) is 7.11. The number of rotatable bonds is 4. The first-order valence-corrected chi connectivity index (χ1v) is 10.7. The fourth-order valence-electron chi connectivity index (χ4n) is 3.61. The highest BCUT2D eigenvalue weighted by Gasteiger charge is 2.31. The first-order chi connectivity index (χ1) is 14.5. The third-order valence-electron chi connectivity index (χ3n) is 5.23. The topological polar surface area (TPSA) is 88.9 Å². The van der Waals surface area contributed by atoms with Crippen molar-refractivity contribution < 1.29 is 5.11 Å². The molecule has 0 saturated carbocycles. The maximum Gasteiger partial charge on any atom is 0.139 e. The SMILES string of the molecule is CC(C)c1nc2ccc(N3CC(O)=C(c4nc(-c5ccccc5)cs4)C3=N)cc2[nH]1. The van der Waals surface area contributed by atoms with Gasteiger partial charge in [-0.25, -0.2) is 9.97 Å². The Bertz CT molecular complexity index is 1290. The summed E-state index contributed by atoms with van der Waals surface area (Å²) >= 11 is 1.44. The molecule has 3 N–H and O–H groups in total. The van der Waals surface area contributed by atoms with Crippen molar-refractivity contribution in [2.24, 2.45) is 0 Å². The summed E-state index contributed by atoms with van der Waals surface area (Å²) in [6, 6.07) is 15.8. The molecule has 0 fully saturated rings. The number of nitrogens with one attached hydrogen (secondary N) is 2. The third kappa shape index (κ3) is 3.07. The number of imidazole rings is 1. The smallest absolute Gasteiger partial charge is 0.139 e. The first-order valence-electron chi connectivity index (χ1n) is 9.81. The Balaban J connectivity index is 1.45. The van der Waals surface area contributed by atoms with Crippen LogP contribution in [0.3, 0.4) is 0 Å². The standard InChI is InChI=1S/C23H21N5OS/c1-13(2)22-25-16-9-8-15(10-17(16)26-22)28-11-19(29)20(21(28)24)23-27-18(12-30-23)14-6-4-3-5-7-14/h3-10,12-13,24,29H,11H2,1-2H3,(H,25,26). The van der Waals surface area contributed by atoms with Crippen molar-refractivity contribution in [1.82, 2.24) is 15.0 Å². The number of aromatic nitrogens is 3. The second-order valence-corrected chi connectivity index (χ2v) is 8.50. The maximum atomic E-state index is 10.7. The summed E-state index contributed by atoms with van der Waals surface area (Å²) in [5, 5.41) is 22.0. The Morgan fingerprint density at radius 2 is 1.93 bits per heavy atom. The van der Waals surface area contributed by atoms with E-state index < -0.39 is 0 Å². The summed E-state index contributed by atoms with van der Waals surface area (Å²) in [5.41, 5.74) is 5.03. The molecule has 0 amide bonds. The number of fused-ring (bicyclic) bond motifs is 1. The van der Waals surface area contributed by atoms with E-state index in [1.54, 1.807) is 4.90 Å². The predicted molar refractivity (Wildman–Crippen MR) is 122 cm³/mol. The molecule has 0 saturated heterocycles. The number of aliphatic hydroxyl groups is 1. The van der Waals surface area contributed by atoms with E-state index in [0.29, 0.717) is 16.5 Å². The molecular formula is C23H21N5OS. The van der Waals surface area contributed by atoms with Gasteiger partial charge in [-0.1, -0.05) is 44.2 Å². The third-order valence-corrected chi connectivity index (χ3v) is 6.09. The first kappa shape index (κ1) is 18.6. The van der Waals surface area contributed by atoms with Crippen LogP contribution in [-0.4, -0.2) is 32.4 Å². The fraction of sp³-hybridized carbons (Fsp3) is 0.174. The summed E-state index contributed by atoms with van der Waals surface area (Å²) in [6.07, 6.45) is 0. The minimum atomic E-state index is 0.168. The van der Waals surface area contributed by atoms with Gasteiger partial charge in [-0.05, 0) is 18.2 Å². The summed E-state index contributed by atoms with van der Waals surface area (Å²) in [6.45, 7) is 4.45. The van der Waals surface area contributed by atoms with Gasteiger partial charge in [-0.2, -0.15) is 0 Å². The van der Waals surface area contributed by atoms with E-state index in [2.05, 4.69) is 28.8 Å². The van der Waals surface area contributed by atoms with Gasteiger partial charge in [0.25, 0.3) is 0 Å². The van der Waals surface area contributed by atoms with Gasteiger partial charge >= 0.3 is 0 Å². The summed E-state index contributed by atoms with van der Waals surface area (Å²) < 4.78 is 0. The van der Waals surface area contributed by atoms with Crippen LogP contribution in [-0.2, 0) is 0 Å². The molecule has 6 nitrogen and oxygen atoms in total. The van der Waals surface area contributed by atoms with Gasteiger partial charge in [0, 0.05) is 22.5 Å². The molecule has 3 heterocycles. The number of H-pyrrole nitrogens is 1. The van der Waals surface area contributed by atoms with Crippen LogP contribution in [0, 0.1) is 5.41 Å². The van der Waals surface area contributed by atoms with Crippen molar-refractivity contribution in [2.75, 3.05) is 11.4 Å². The van der Waals surface area contributed by atoms with E-state index in [1.807, 2.05) is 53.9 Å². The normalized spacial score (nSPS) is 14.5. The molecule has 0 aliphatic carbocycles. The quantitative estimate of drug-likeness (QED) is 0.406. The molecule has 2 aromatic heterocycles. The van der Waals surface area contributed by atoms with Crippen molar-refractivity contribution in [1.29, 1.82) is 5.41 Å². The van der Waals surface area contributed by atoms with E-state index in [0.717, 1.165) is 33.8 Å². The minimum absolute atomic E-state index is 0.168.